The Kier molecular flexibility index (Phi) is 11.3. The number of nitrogens with one attached hydrogen (secondary N) is 5. The maximum Gasteiger partial charge on any atom is 0.407 e. The van der Waals surface area contributed by atoms with Crippen molar-refractivity contribution in [2.24, 2.45) is 11.8 Å². The molecule has 0 bridgehead atoms. The number of carbonyl (C=O) groups is 4. The Hall–Kier alpha value is -6.49. The van der Waals surface area contributed by atoms with Gasteiger partial charge in [-0.3, -0.25) is 14.4 Å². The molecule has 0 saturated carbocycles. The molecule has 6 aromatic rings. The third kappa shape index (κ3) is 8.05. The van der Waals surface area contributed by atoms with E-state index < -0.39 is 30.7 Å². The quantitative estimate of drug-likeness (QED) is 0.0977. The van der Waals surface area contributed by atoms with E-state index >= 15 is 0 Å². The largest absolute Gasteiger partial charge is 0.453 e. The predicted octanol–water partition coefficient (Wildman–Crippen LogP) is 5.39. The molecular weight excluding hydrogens is 803 g/mol. The first-order valence-electron chi connectivity index (χ1n) is 22.0. The highest BCUT2D eigenvalue weighted by Crippen LogP contribution is 2.36. The van der Waals surface area contributed by atoms with Gasteiger partial charge in [0.2, 0.25) is 17.7 Å². The number of imidazole rings is 3. The molecule has 0 spiro atoms. The summed E-state index contributed by atoms with van der Waals surface area (Å²) >= 11 is 0. The second-order valence-electron chi connectivity index (χ2n) is 17.8. The van der Waals surface area contributed by atoms with Gasteiger partial charge in [0, 0.05) is 37.4 Å². The number of aromatic amines is 3. The van der Waals surface area contributed by atoms with E-state index in [-0.39, 0.29) is 35.7 Å². The number of methoxy groups -OCH3 is 1. The fraction of sp³-hybridized carbons (Fsp3) is 0.457. The van der Waals surface area contributed by atoms with Gasteiger partial charge >= 0.3 is 6.09 Å². The molecule has 3 aromatic heterocycles. The smallest absolute Gasteiger partial charge is 0.407 e. The van der Waals surface area contributed by atoms with Crippen molar-refractivity contribution in [3.05, 3.63) is 71.3 Å². The summed E-state index contributed by atoms with van der Waals surface area (Å²) in [5, 5.41) is 14.7. The average Bonchev–Trinajstić information content (AvgIpc) is 4.14. The van der Waals surface area contributed by atoms with Crippen LogP contribution in [0.4, 0.5) is 10.5 Å². The van der Waals surface area contributed by atoms with Crippen LogP contribution in [0.15, 0.2) is 48.5 Å². The molecule has 63 heavy (non-hydrogen) atoms. The number of nitrogens with zero attached hydrogens (tertiary/aromatic N) is 6. The van der Waals surface area contributed by atoms with E-state index in [0.717, 1.165) is 101 Å². The lowest BCUT2D eigenvalue weighted by Crippen LogP contribution is -2.51. The SMILES string of the molecule is COC(=O)NC(C(=O)N1CCCC1c1nc2ccc(N3CCc4cc5nc(-c6ccc7nc(C8CCCN8C(=O)C(NC(=O)CO)C(C)C)[nH]c7c6)[nH]c5cc4C3)cc2[nH]1)C(C)C. The summed E-state index contributed by atoms with van der Waals surface area (Å²) in [6.07, 6.45) is 3.45. The van der Waals surface area contributed by atoms with Gasteiger partial charge in [-0.25, -0.2) is 19.7 Å². The Bertz CT molecular complexity index is 2720. The lowest BCUT2D eigenvalue weighted by atomic mass is 9.98. The van der Waals surface area contributed by atoms with E-state index in [1.165, 1.54) is 18.2 Å². The van der Waals surface area contributed by atoms with Crippen molar-refractivity contribution < 1.29 is 29.0 Å². The van der Waals surface area contributed by atoms with Gasteiger partial charge in [-0.05, 0) is 104 Å². The highest BCUT2D eigenvalue weighted by Gasteiger charge is 2.39. The summed E-state index contributed by atoms with van der Waals surface area (Å²) in [4.78, 5) is 82.8. The number of aliphatic hydroxyl groups is 1. The second kappa shape index (κ2) is 17.0. The number of aliphatic hydroxyl groups excluding tert-OH is 1. The molecule has 6 heterocycles. The van der Waals surface area contributed by atoms with E-state index in [1.54, 1.807) is 4.90 Å². The lowest BCUT2D eigenvalue weighted by molar-refractivity contribution is -0.139. The Labute approximate surface area is 364 Å². The van der Waals surface area contributed by atoms with Crippen LogP contribution in [-0.4, -0.2) is 114 Å². The van der Waals surface area contributed by atoms with Gasteiger partial charge in [0.15, 0.2) is 0 Å². The molecule has 3 aromatic carbocycles. The van der Waals surface area contributed by atoms with E-state index in [2.05, 4.69) is 54.8 Å². The van der Waals surface area contributed by atoms with Crippen LogP contribution < -0.4 is 15.5 Å². The van der Waals surface area contributed by atoms with Crippen molar-refractivity contribution >= 4 is 62.6 Å². The van der Waals surface area contributed by atoms with E-state index in [0.29, 0.717) is 18.9 Å². The first-order valence-corrected chi connectivity index (χ1v) is 22.0. The van der Waals surface area contributed by atoms with Crippen LogP contribution in [0.2, 0.25) is 0 Å². The van der Waals surface area contributed by atoms with Crippen LogP contribution in [0.3, 0.4) is 0 Å². The number of rotatable bonds is 11. The maximum absolute atomic E-state index is 13.7. The molecule has 17 nitrogen and oxygen atoms in total. The van der Waals surface area contributed by atoms with Crippen LogP contribution >= 0.6 is 0 Å². The normalized spacial score (nSPS) is 18.8. The van der Waals surface area contributed by atoms with Crippen LogP contribution in [0.5, 0.6) is 0 Å². The van der Waals surface area contributed by atoms with Gasteiger partial charge in [-0.1, -0.05) is 27.7 Å². The topological polar surface area (TPSA) is 218 Å². The number of likely N-dealkylation sites (tertiary alicyclic amines) is 2. The van der Waals surface area contributed by atoms with Crippen LogP contribution in [0.25, 0.3) is 44.5 Å². The highest BCUT2D eigenvalue weighted by molar-refractivity contribution is 5.90. The zero-order chi connectivity index (χ0) is 44.1. The number of hydrogen-bond acceptors (Lipinski definition) is 10. The molecule has 4 atom stereocenters. The third-order valence-corrected chi connectivity index (χ3v) is 12.9. The molecule has 3 aliphatic rings. The second-order valence-corrected chi connectivity index (χ2v) is 17.8. The van der Waals surface area contributed by atoms with Crippen LogP contribution in [-0.2, 0) is 32.1 Å². The molecule has 4 amide bonds. The Morgan fingerprint density at radius 2 is 1.33 bits per heavy atom. The number of hydrogen-bond donors (Lipinski definition) is 6. The monoisotopic (exact) mass is 857 g/mol. The van der Waals surface area contributed by atoms with Gasteiger partial charge in [-0.2, -0.15) is 0 Å². The zero-order valence-electron chi connectivity index (χ0n) is 36.3. The number of aromatic nitrogens is 6. The molecule has 0 aliphatic carbocycles. The summed E-state index contributed by atoms with van der Waals surface area (Å²) in [5.74, 6) is 1.07. The zero-order valence-corrected chi connectivity index (χ0v) is 36.3. The minimum atomic E-state index is -0.735. The average molecular weight is 858 g/mol. The van der Waals surface area contributed by atoms with E-state index in [1.807, 2.05) is 56.9 Å². The maximum atomic E-state index is 13.7. The summed E-state index contributed by atoms with van der Waals surface area (Å²) in [5.41, 5.74) is 9.74. The van der Waals surface area contributed by atoms with Gasteiger partial charge in [0.05, 0.1) is 52.3 Å². The lowest BCUT2D eigenvalue weighted by Gasteiger charge is -2.30. The van der Waals surface area contributed by atoms with Crippen molar-refractivity contribution in [3.63, 3.8) is 0 Å². The minimum Gasteiger partial charge on any atom is -0.453 e. The molecule has 9 rings (SSSR count). The molecule has 2 fully saturated rings. The van der Waals surface area contributed by atoms with E-state index in [4.69, 9.17) is 19.7 Å². The van der Waals surface area contributed by atoms with Crippen molar-refractivity contribution in [1.82, 2.24) is 50.3 Å². The number of ether oxygens (including phenoxy) is 1. The Morgan fingerprint density at radius 1 is 0.730 bits per heavy atom. The van der Waals surface area contributed by atoms with Crippen molar-refractivity contribution in [2.45, 2.75) is 90.5 Å². The fourth-order valence-electron chi connectivity index (χ4n) is 9.55. The Balaban J connectivity index is 0.905. The minimum absolute atomic E-state index is 0.110. The summed E-state index contributed by atoms with van der Waals surface area (Å²) < 4.78 is 4.79. The molecule has 17 heteroatoms. The highest BCUT2D eigenvalue weighted by atomic mass is 16.5. The number of H-pyrrole nitrogens is 3. The molecular formula is C46H55N11O6. The number of fused-ring (bicyclic) bond motifs is 4. The van der Waals surface area contributed by atoms with Gasteiger partial charge in [-0.15, -0.1) is 0 Å². The molecule has 3 aliphatic heterocycles. The summed E-state index contributed by atoms with van der Waals surface area (Å²) in [7, 11) is 1.30. The van der Waals surface area contributed by atoms with Gasteiger partial charge in [0.25, 0.3) is 0 Å². The third-order valence-electron chi connectivity index (χ3n) is 12.9. The van der Waals surface area contributed by atoms with Crippen LogP contribution in [0.1, 0.15) is 88.2 Å². The fourth-order valence-corrected chi connectivity index (χ4v) is 9.55. The van der Waals surface area contributed by atoms with E-state index in [9.17, 15) is 24.3 Å². The van der Waals surface area contributed by atoms with Crippen molar-refractivity contribution in [2.75, 3.05) is 38.3 Å². The number of carbonyl (C=O) groups excluding carboxylic acids is 4. The first-order chi connectivity index (χ1) is 30.4. The molecule has 0 radical (unpaired) electrons. The van der Waals surface area contributed by atoms with Crippen molar-refractivity contribution in [1.29, 1.82) is 0 Å². The van der Waals surface area contributed by atoms with Crippen molar-refractivity contribution in [3.8, 4) is 11.4 Å². The molecule has 2 saturated heterocycles. The molecule has 4 unspecified atom stereocenters. The van der Waals surface area contributed by atoms with Crippen LogP contribution in [0, 0.1) is 11.8 Å². The number of amides is 4. The first kappa shape index (κ1) is 41.8. The molecule has 6 N–H and O–H groups in total. The van der Waals surface area contributed by atoms with Gasteiger partial charge < -0.3 is 50.1 Å². The number of alkyl carbamates (subject to hydrolysis) is 1. The number of anilines is 1. The van der Waals surface area contributed by atoms with Gasteiger partial charge in [0.1, 0.15) is 36.2 Å². The molecule has 330 valence electrons. The Morgan fingerprint density at radius 3 is 1.95 bits per heavy atom. The summed E-state index contributed by atoms with van der Waals surface area (Å²) in [6, 6.07) is 14.8. The predicted molar refractivity (Wildman–Crippen MR) is 237 cm³/mol. The summed E-state index contributed by atoms with van der Waals surface area (Å²) in [6.45, 7) is 9.65. The number of benzene rings is 3. The standard InChI is InChI=1S/C46H55N11O6/c1-24(2)39(53-38(59)23-58)44(60)56-15-6-8-36(56)42-47-30-12-10-27(19-32(30)51-42)41-49-33-18-26-14-17-55(22-28(26)20-34(33)50-41)29-11-13-31-35(21-29)52-43(48-31)37-9-7-16-57(37)45(61)40(25(3)4)54-46(62)63-5/h10-13,18-21,24-25,36-37,39-40,58H,6-9,14-17,22-23H2,1-5H3,(H,47,51)(H,48,52)(H,49,50)(H,53,59)(H,54,62).